The summed E-state index contributed by atoms with van der Waals surface area (Å²) in [5.41, 5.74) is 1.01. The third-order valence-electron chi connectivity index (χ3n) is 2.33. The summed E-state index contributed by atoms with van der Waals surface area (Å²) in [6.07, 6.45) is 1.61. The zero-order chi connectivity index (χ0) is 12.2. The lowest BCUT2D eigenvalue weighted by Gasteiger charge is -2.23. The van der Waals surface area contributed by atoms with Gasteiger partial charge in [-0.05, 0) is 44.7 Å². The molecule has 0 radical (unpaired) electrons. The number of β-amino-alcohol motifs (C(OH)–C–C–N with tert-alkyl or cyclic N) is 1. The van der Waals surface area contributed by atoms with E-state index in [9.17, 15) is 5.11 Å². The minimum Gasteiger partial charge on any atom is -0.387 e. The van der Waals surface area contributed by atoms with E-state index in [1.165, 1.54) is 4.90 Å². The monoisotopic (exact) mass is 239 g/mol. The molecule has 0 saturated carbocycles. The molecule has 1 rings (SSSR count). The molecule has 1 aromatic rings. The van der Waals surface area contributed by atoms with E-state index in [-0.39, 0.29) is 5.54 Å². The second-order valence-corrected chi connectivity index (χ2v) is 5.80. The van der Waals surface area contributed by atoms with Crippen molar-refractivity contribution in [3.63, 3.8) is 0 Å². The van der Waals surface area contributed by atoms with Gasteiger partial charge >= 0.3 is 0 Å². The molecule has 2 N–H and O–H groups in total. The molecule has 0 aliphatic rings. The third kappa shape index (κ3) is 4.56. The number of rotatable bonds is 4. The van der Waals surface area contributed by atoms with Crippen LogP contribution < -0.4 is 5.32 Å². The van der Waals surface area contributed by atoms with Crippen molar-refractivity contribution >= 4 is 11.8 Å². The number of hydrogen-bond donors (Lipinski definition) is 2. The predicted molar refractivity (Wildman–Crippen MR) is 70.9 cm³/mol. The van der Waals surface area contributed by atoms with E-state index >= 15 is 0 Å². The molecule has 0 fully saturated rings. The highest BCUT2D eigenvalue weighted by Gasteiger charge is 2.13. The van der Waals surface area contributed by atoms with Gasteiger partial charge in [0.1, 0.15) is 0 Å². The molecule has 0 bridgehead atoms. The molecule has 0 aromatic heterocycles. The Hall–Kier alpha value is -0.510. The summed E-state index contributed by atoms with van der Waals surface area (Å²) in [4.78, 5) is 1.22. The first-order valence-electron chi connectivity index (χ1n) is 5.49. The molecule has 3 heteroatoms. The molecule has 0 spiro atoms. The maximum Gasteiger partial charge on any atom is 0.0914 e. The van der Waals surface area contributed by atoms with Crippen molar-refractivity contribution in [2.45, 2.75) is 37.3 Å². The van der Waals surface area contributed by atoms with Gasteiger partial charge in [0, 0.05) is 17.0 Å². The van der Waals surface area contributed by atoms with Crippen molar-refractivity contribution in [3.8, 4) is 0 Å². The molecule has 1 atom stereocenters. The Morgan fingerprint density at radius 3 is 2.25 bits per heavy atom. The van der Waals surface area contributed by atoms with Gasteiger partial charge in [-0.3, -0.25) is 0 Å². The minimum atomic E-state index is -0.435. The zero-order valence-electron chi connectivity index (χ0n) is 10.4. The van der Waals surface area contributed by atoms with Crippen LogP contribution in [-0.2, 0) is 0 Å². The smallest absolute Gasteiger partial charge is 0.0914 e. The molecule has 0 heterocycles. The highest BCUT2D eigenvalue weighted by molar-refractivity contribution is 7.98. The lowest BCUT2D eigenvalue weighted by Crippen LogP contribution is -2.38. The fourth-order valence-corrected chi connectivity index (χ4v) is 1.76. The Morgan fingerprint density at radius 1 is 1.25 bits per heavy atom. The fourth-order valence-electron chi connectivity index (χ4n) is 1.35. The molecule has 0 saturated heterocycles. The van der Waals surface area contributed by atoms with Crippen molar-refractivity contribution in [1.29, 1.82) is 0 Å². The average Bonchev–Trinajstić information content (AvgIpc) is 2.25. The van der Waals surface area contributed by atoms with Crippen LogP contribution in [-0.4, -0.2) is 23.4 Å². The second kappa shape index (κ2) is 5.71. The quantitative estimate of drug-likeness (QED) is 0.793. The van der Waals surface area contributed by atoms with Gasteiger partial charge in [-0.2, -0.15) is 0 Å². The Bertz CT molecular complexity index is 316. The summed E-state index contributed by atoms with van der Waals surface area (Å²) >= 11 is 1.71. The standard InChI is InChI=1S/C13H21NOS/c1-13(2,3)14-9-12(15)10-5-7-11(16-4)8-6-10/h5-8,12,14-15H,9H2,1-4H3. The molecule has 1 aromatic carbocycles. The van der Waals surface area contributed by atoms with Crippen LogP contribution in [0.5, 0.6) is 0 Å². The highest BCUT2D eigenvalue weighted by Crippen LogP contribution is 2.19. The Morgan fingerprint density at radius 2 is 1.81 bits per heavy atom. The number of benzene rings is 1. The van der Waals surface area contributed by atoms with Crippen LogP contribution in [0.2, 0.25) is 0 Å². The fraction of sp³-hybridized carbons (Fsp3) is 0.538. The van der Waals surface area contributed by atoms with Crippen LogP contribution in [0.4, 0.5) is 0 Å². The molecule has 0 aliphatic heterocycles. The van der Waals surface area contributed by atoms with Crippen molar-refractivity contribution in [1.82, 2.24) is 5.32 Å². The number of thioether (sulfide) groups is 1. The molecule has 2 nitrogen and oxygen atoms in total. The topological polar surface area (TPSA) is 32.3 Å². The van der Waals surface area contributed by atoms with Crippen LogP contribution in [0.25, 0.3) is 0 Å². The molecular formula is C13H21NOS. The summed E-state index contributed by atoms with van der Waals surface area (Å²) in [6.45, 7) is 6.87. The Balaban J connectivity index is 2.56. The van der Waals surface area contributed by atoms with Gasteiger partial charge < -0.3 is 10.4 Å². The van der Waals surface area contributed by atoms with Gasteiger partial charge in [-0.25, -0.2) is 0 Å². The van der Waals surface area contributed by atoms with Crippen LogP contribution >= 0.6 is 11.8 Å². The van der Waals surface area contributed by atoms with E-state index in [4.69, 9.17) is 0 Å². The van der Waals surface area contributed by atoms with Gasteiger partial charge in [0.05, 0.1) is 6.10 Å². The lowest BCUT2D eigenvalue weighted by molar-refractivity contribution is 0.163. The van der Waals surface area contributed by atoms with Crippen LogP contribution in [0.3, 0.4) is 0 Å². The van der Waals surface area contributed by atoms with E-state index in [1.54, 1.807) is 11.8 Å². The summed E-state index contributed by atoms with van der Waals surface area (Å²) in [6, 6.07) is 8.06. The Labute approximate surface area is 102 Å². The van der Waals surface area contributed by atoms with Crippen molar-refractivity contribution in [2.24, 2.45) is 0 Å². The van der Waals surface area contributed by atoms with E-state index in [0.717, 1.165) is 5.56 Å². The van der Waals surface area contributed by atoms with Crippen molar-refractivity contribution in [3.05, 3.63) is 29.8 Å². The molecule has 0 aliphatic carbocycles. The summed E-state index contributed by atoms with van der Waals surface area (Å²) in [7, 11) is 0. The summed E-state index contributed by atoms with van der Waals surface area (Å²) in [5.74, 6) is 0. The van der Waals surface area contributed by atoms with Gasteiger partial charge in [0.2, 0.25) is 0 Å². The number of aliphatic hydroxyl groups excluding tert-OH is 1. The van der Waals surface area contributed by atoms with Gasteiger partial charge in [-0.1, -0.05) is 12.1 Å². The van der Waals surface area contributed by atoms with Crippen LogP contribution in [0.15, 0.2) is 29.2 Å². The third-order valence-corrected chi connectivity index (χ3v) is 3.07. The van der Waals surface area contributed by atoms with E-state index < -0.39 is 6.10 Å². The normalized spacial score (nSPS) is 13.8. The van der Waals surface area contributed by atoms with E-state index in [1.807, 2.05) is 30.5 Å². The maximum atomic E-state index is 9.98. The molecular weight excluding hydrogens is 218 g/mol. The first-order chi connectivity index (χ1) is 7.42. The van der Waals surface area contributed by atoms with Crippen LogP contribution in [0.1, 0.15) is 32.4 Å². The highest BCUT2D eigenvalue weighted by atomic mass is 32.2. The number of nitrogens with one attached hydrogen (secondary N) is 1. The van der Waals surface area contributed by atoms with Gasteiger partial charge in [0.15, 0.2) is 0 Å². The summed E-state index contributed by atoms with van der Waals surface area (Å²) < 4.78 is 0. The van der Waals surface area contributed by atoms with E-state index in [2.05, 4.69) is 26.1 Å². The van der Waals surface area contributed by atoms with Gasteiger partial charge in [-0.15, -0.1) is 11.8 Å². The van der Waals surface area contributed by atoms with Crippen molar-refractivity contribution < 1.29 is 5.11 Å². The molecule has 90 valence electrons. The second-order valence-electron chi connectivity index (χ2n) is 4.92. The largest absolute Gasteiger partial charge is 0.387 e. The minimum absolute atomic E-state index is 0.0419. The Kier molecular flexibility index (Phi) is 4.84. The summed E-state index contributed by atoms with van der Waals surface area (Å²) in [5, 5.41) is 13.3. The molecule has 1 unspecified atom stereocenters. The number of aliphatic hydroxyl groups is 1. The lowest BCUT2D eigenvalue weighted by atomic mass is 10.1. The molecule has 16 heavy (non-hydrogen) atoms. The van der Waals surface area contributed by atoms with E-state index in [0.29, 0.717) is 6.54 Å². The maximum absolute atomic E-state index is 9.98. The first kappa shape index (κ1) is 13.6. The molecule has 0 amide bonds. The zero-order valence-corrected chi connectivity index (χ0v) is 11.3. The predicted octanol–water partition coefficient (Wildman–Crippen LogP) is 2.83. The number of hydrogen-bond acceptors (Lipinski definition) is 3. The van der Waals surface area contributed by atoms with Crippen molar-refractivity contribution in [2.75, 3.05) is 12.8 Å². The van der Waals surface area contributed by atoms with Crippen LogP contribution in [0, 0.1) is 0 Å². The SMILES string of the molecule is CSc1ccc(C(O)CNC(C)(C)C)cc1. The average molecular weight is 239 g/mol. The van der Waals surface area contributed by atoms with Gasteiger partial charge in [0.25, 0.3) is 0 Å². The first-order valence-corrected chi connectivity index (χ1v) is 6.72.